The minimum absolute atomic E-state index is 0.115. The molecule has 4 aliphatic carbocycles. The van der Waals surface area contributed by atoms with Gasteiger partial charge < -0.3 is 9.47 Å². The van der Waals surface area contributed by atoms with Crippen molar-refractivity contribution in [2.24, 2.45) is 35.5 Å². The van der Waals surface area contributed by atoms with Gasteiger partial charge in [0, 0.05) is 0 Å². The summed E-state index contributed by atoms with van der Waals surface area (Å²) in [5, 5.41) is 0. The van der Waals surface area contributed by atoms with Crippen LogP contribution >= 0.6 is 0 Å². The third-order valence-corrected chi connectivity index (χ3v) is 5.91. The van der Waals surface area contributed by atoms with E-state index in [9.17, 15) is 14.4 Å². The first-order valence-electron chi connectivity index (χ1n) is 8.82. The van der Waals surface area contributed by atoms with E-state index in [4.69, 9.17) is 9.47 Å². The van der Waals surface area contributed by atoms with Crippen LogP contribution < -0.4 is 0 Å². The van der Waals surface area contributed by atoms with Gasteiger partial charge in [-0.25, -0.2) is 0 Å². The molecule has 5 nitrogen and oxygen atoms in total. The molecular formula is C19H22O5. The SMILES string of the molecule is O=C(COC(=O)C1CC2C=CC1C2)COC(=O)C1CC2C=CC1C2. The lowest BCUT2D eigenvalue weighted by molar-refractivity contribution is -0.157. The molecule has 0 heterocycles. The highest BCUT2D eigenvalue weighted by Gasteiger charge is 2.42. The zero-order valence-electron chi connectivity index (χ0n) is 13.6. The van der Waals surface area contributed by atoms with Crippen LogP contribution in [-0.4, -0.2) is 30.9 Å². The maximum absolute atomic E-state index is 12.0. The summed E-state index contributed by atoms with van der Waals surface area (Å²) in [4.78, 5) is 35.9. The number of hydrogen-bond acceptors (Lipinski definition) is 5. The Morgan fingerprint density at radius 3 is 1.50 bits per heavy atom. The Labute approximate surface area is 141 Å². The highest BCUT2D eigenvalue weighted by Crippen LogP contribution is 2.44. The van der Waals surface area contributed by atoms with Gasteiger partial charge in [-0.15, -0.1) is 0 Å². The third-order valence-electron chi connectivity index (χ3n) is 5.91. The molecule has 2 saturated carbocycles. The molecule has 0 aromatic carbocycles. The van der Waals surface area contributed by atoms with Gasteiger partial charge in [-0.1, -0.05) is 24.3 Å². The van der Waals surface area contributed by atoms with Crippen LogP contribution in [0.5, 0.6) is 0 Å². The Morgan fingerprint density at radius 2 is 1.17 bits per heavy atom. The standard InChI is InChI=1S/C19H22O5/c20-15(9-23-18(21)16-7-11-1-3-13(16)5-11)10-24-19(22)17-8-12-2-4-14(17)6-12/h1-4,11-14,16-17H,5-10H2. The van der Waals surface area contributed by atoms with Gasteiger partial charge in [-0.05, 0) is 49.4 Å². The first-order valence-corrected chi connectivity index (χ1v) is 8.82. The summed E-state index contributed by atoms with van der Waals surface area (Å²) >= 11 is 0. The number of carbonyl (C=O) groups excluding carboxylic acids is 3. The molecule has 0 radical (unpaired) electrons. The number of ether oxygens (including phenoxy) is 2. The number of carbonyl (C=O) groups is 3. The number of ketones is 1. The van der Waals surface area contributed by atoms with E-state index in [2.05, 4.69) is 24.3 Å². The lowest BCUT2D eigenvalue weighted by Gasteiger charge is -2.17. The summed E-state index contributed by atoms with van der Waals surface area (Å²) in [5.41, 5.74) is 0. The third kappa shape index (κ3) is 2.92. The summed E-state index contributed by atoms with van der Waals surface area (Å²) in [6.45, 7) is -0.610. The number of fused-ring (bicyclic) bond motifs is 4. The van der Waals surface area contributed by atoms with E-state index in [1.54, 1.807) is 0 Å². The molecule has 4 rings (SSSR count). The van der Waals surface area contributed by atoms with E-state index in [0.717, 1.165) is 25.7 Å². The molecule has 6 atom stereocenters. The highest BCUT2D eigenvalue weighted by molar-refractivity contribution is 5.86. The first-order chi connectivity index (χ1) is 11.6. The van der Waals surface area contributed by atoms with Crippen molar-refractivity contribution in [2.45, 2.75) is 25.7 Å². The number of hydrogen-bond donors (Lipinski definition) is 0. The fourth-order valence-corrected chi connectivity index (χ4v) is 4.66. The molecule has 0 aromatic heterocycles. The van der Waals surface area contributed by atoms with Gasteiger partial charge in [-0.2, -0.15) is 0 Å². The Kier molecular flexibility index (Phi) is 4.02. The van der Waals surface area contributed by atoms with E-state index >= 15 is 0 Å². The average Bonchev–Trinajstić information content (AvgIpc) is 3.37. The molecule has 0 aliphatic heterocycles. The number of rotatable bonds is 6. The zero-order valence-corrected chi connectivity index (χ0v) is 13.6. The molecule has 128 valence electrons. The molecule has 0 aromatic rings. The molecular weight excluding hydrogens is 308 g/mol. The van der Waals surface area contributed by atoms with E-state index in [1.165, 1.54) is 0 Å². The predicted octanol–water partition coefficient (Wildman–Crippen LogP) is 2.07. The Bertz CT molecular complexity index is 567. The Morgan fingerprint density at radius 1 is 0.708 bits per heavy atom. The molecule has 0 spiro atoms. The Balaban J connectivity index is 1.17. The van der Waals surface area contributed by atoms with Crippen LogP contribution in [0.2, 0.25) is 0 Å². The summed E-state index contributed by atoms with van der Waals surface area (Å²) < 4.78 is 10.2. The van der Waals surface area contributed by atoms with Crippen molar-refractivity contribution in [3.05, 3.63) is 24.3 Å². The van der Waals surface area contributed by atoms with Crippen LogP contribution in [0.1, 0.15) is 25.7 Å². The number of allylic oxidation sites excluding steroid dienone is 4. The smallest absolute Gasteiger partial charge is 0.309 e. The Hall–Kier alpha value is -1.91. The molecule has 6 unspecified atom stereocenters. The molecule has 4 bridgehead atoms. The van der Waals surface area contributed by atoms with Crippen molar-refractivity contribution in [3.63, 3.8) is 0 Å². The highest BCUT2D eigenvalue weighted by atomic mass is 16.6. The zero-order chi connectivity index (χ0) is 16.7. The van der Waals surface area contributed by atoms with Crippen molar-refractivity contribution in [3.8, 4) is 0 Å². The van der Waals surface area contributed by atoms with Crippen LogP contribution in [0, 0.1) is 35.5 Å². The van der Waals surface area contributed by atoms with Crippen molar-refractivity contribution in [2.75, 3.05) is 13.2 Å². The van der Waals surface area contributed by atoms with Gasteiger partial charge in [0.15, 0.2) is 13.2 Å². The van der Waals surface area contributed by atoms with Crippen LogP contribution in [0.3, 0.4) is 0 Å². The van der Waals surface area contributed by atoms with Crippen molar-refractivity contribution < 1.29 is 23.9 Å². The van der Waals surface area contributed by atoms with Crippen molar-refractivity contribution >= 4 is 17.7 Å². The van der Waals surface area contributed by atoms with Crippen LogP contribution in [0.4, 0.5) is 0 Å². The monoisotopic (exact) mass is 330 g/mol. The van der Waals surface area contributed by atoms with Crippen LogP contribution in [0.15, 0.2) is 24.3 Å². The molecule has 4 aliphatic rings. The molecule has 0 N–H and O–H groups in total. The lowest BCUT2D eigenvalue weighted by atomic mass is 9.94. The molecule has 0 amide bonds. The summed E-state index contributed by atoms with van der Waals surface area (Å²) in [6.07, 6.45) is 12.1. The van der Waals surface area contributed by atoms with Gasteiger partial charge in [0.2, 0.25) is 5.78 Å². The molecule has 24 heavy (non-hydrogen) atoms. The van der Waals surface area contributed by atoms with Gasteiger partial charge in [0.1, 0.15) is 0 Å². The van der Waals surface area contributed by atoms with Gasteiger partial charge in [-0.3, -0.25) is 14.4 Å². The van der Waals surface area contributed by atoms with Crippen molar-refractivity contribution in [1.29, 1.82) is 0 Å². The molecule has 5 heteroatoms. The fraction of sp³-hybridized carbons (Fsp3) is 0.632. The second-order valence-corrected chi connectivity index (χ2v) is 7.53. The van der Waals surface area contributed by atoms with Gasteiger partial charge >= 0.3 is 11.9 Å². The van der Waals surface area contributed by atoms with Gasteiger partial charge in [0.05, 0.1) is 11.8 Å². The lowest BCUT2D eigenvalue weighted by Crippen LogP contribution is -2.28. The maximum atomic E-state index is 12.0. The average molecular weight is 330 g/mol. The number of Topliss-reactive ketones (excluding diaryl/α,β-unsaturated/α-hetero) is 1. The minimum atomic E-state index is -0.367. The summed E-state index contributed by atoms with van der Waals surface area (Å²) in [7, 11) is 0. The summed E-state index contributed by atoms with van der Waals surface area (Å²) in [6, 6.07) is 0. The molecule has 0 saturated heterocycles. The fourth-order valence-electron chi connectivity index (χ4n) is 4.66. The largest absolute Gasteiger partial charge is 0.457 e. The van der Waals surface area contributed by atoms with Gasteiger partial charge in [0.25, 0.3) is 0 Å². The predicted molar refractivity (Wildman–Crippen MR) is 84.6 cm³/mol. The topological polar surface area (TPSA) is 69.7 Å². The summed E-state index contributed by atoms with van der Waals surface area (Å²) in [5.74, 6) is 0.304. The quantitative estimate of drug-likeness (QED) is 0.551. The van der Waals surface area contributed by atoms with E-state index < -0.39 is 0 Å². The number of esters is 2. The van der Waals surface area contributed by atoms with Crippen LogP contribution in [0.25, 0.3) is 0 Å². The maximum Gasteiger partial charge on any atom is 0.309 e. The van der Waals surface area contributed by atoms with E-state index in [1.807, 2.05) is 0 Å². The van der Waals surface area contributed by atoms with Crippen molar-refractivity contribution in [1.82, 2.24) is 0 Å². The van der Waals surface area contributed by atoms with E-state index in [0.29, 0.717) is 11.8 Å². The second-order valence-electron chi connectivity index (χ2n) is 7.53. The van der Waals surface area contributed by atoms with Crippen LogP contribution in [-0.2, 0) is 23.9 Å². The normalized spacial score (nSPS) is 37.8. The first kappa shape index (κ1) is 15.6. The van der Waals surface area contributed by atoms with E-state index in [-0.39, 0.29) is 54.6 Å². The minimum Gasteiger partial charge on any atom is -0.457 e. The second kappa shape index (κ2) is 6.19. The molecule has 2 fully saturated rings.